The molecule has 74 valence electrons. The van der Waals surface area contributed by atoms with Gasteiger partial charge in [-0.15, -0.1) is 0 Å². The van der Waals surface area contributed by atoms with Crippen molar-refractivity contribution in [1.29, 1.82) is 0 Å². The molecule has 0 aliphatic heterocycles. The molecule has 0 N–H and O–H groups in total. The van der Waals surface area contributed by atoms with E-state index in [4.69, 9.17) is 0 Å². The molecule has 0 bridgehead atoms. The maximum absolute atomic E-state index is 12.3. The van der Waals surface area contributed by atoms with Crippen molar-refractivity contribution in [2.45, 2.75) is 25.4 Å². The molecule has 0 aliphatic rings. The maximum atomic E-state index is 12.3. The van der Waals surface area contributed by atoms with E-state index < -0.39 is 25.1 Å². The molecule has 0 spiro atoms. The van der Waals surface area contributed by atoms with Crippen LogP contribution in [0.1, 0.15) is 6.92 Å². The van der Waals surface area contributed by atoms with Gasteiger partial charge in [0.2, 0.25) is 6.17 Å². The standard InChI is InChI=1S/C6H9F5O/c1-2-12-4(3-7)5(8)6(9,10)11/h4-5H,2-3H2,1H3. The predicted molar refractivity (Wildman–Crippen MR) is 32.3 cm³/mol. The molecule has 6 heteroatoms. The van der Waals surface area contributed by atoms with Gasteiger partial charge in [0.15, 0.2) is 0 Å². The molecule has 2 unspecified atom stereocenters. The summed E-state index contributed by atoms with van der Waals surface area (Å²) in [4.78, 5) is 0. The predicted octanol–water partition coefficient (Wildman–Crippen LogP) is 2.26. The highest BCUT2D eigenvalue weighted by Crippen LogP contribution is 2.26. The first kappa shape index (κ1) is 11.6. The van der Waals surface area contributed by atoms with Crippen LogP contribution in [0, 0.1) is 0 Å². The lowest BCUT2D eigenvalue weighted by atomic mass is 10.2. The lowest BCUT2D eigenvalue weighted by Gasteiger charge is -2.19. The van der Waals surface area contributed by atoms with E-state index in [0.717, 1.165) is 0 Å². The van der Waals surface area contributed by atoms with Gasteiger partial charge in [0, 0.05) is 6.61 Å². The summed E-state index contributed by atoms with van der Waals surface area (Å²) < 4.78 is 63.0. The second-order valence-corrected chi connectivity index (χ2v) is 2.09. The van der Waals surface area contributed by atoms with Crippen LogP contribution in [0.25, 0.3) is 0 Å². The minimum atomic E-state index is -5.05. The average molecular weight is 192 g/mol. The number of hydrogen-bond donors (Lipinski definition) is 0. The third-order valence-electron chi connectivity index (χ3n) is 1.17. The van der Waals surface area contributed by atoms with E-state index in [0.29, 0.717) is 0 Å². The smallest absolute Gasteiger partial charge is 0.372 e. The van der Waals surface area contributed by atoms with Gasteiger partial charge < -0.3 is 4.74 Å². The quantitative estimate of drug-likeness (QED) is 0.621. The molecule has 0 rings (SSSR count). The van der Waals surface area contributed by atoms with E-state index in [1.165, 1.54) is 6.92 Å². The molecule has 0 aromatic heterocycles. The van der Waals surface area contributed by atoms with Gasteiger partial charge >= 0.3 is 6.18 Å². The summed E-state index contributed by atoms with van der Waals surface area (Å²) >= 11 is 0. The molecule has 12 heavy (non-hydrogen) atoms. The third-order valence-corrected chi connectivity index (χ3v) is 1.17. The zero-order valence-corrected chi connectivity index (χ0v) is 6.37. The molecule has 0 aromatic carbocycles. The Morgan fingerprint density at radius 3 is 2.08 bits per heavy atom. The summed E-state index contributed by atoms with van der Waals surface area (Å²) in [5.74, 6) is 0. The number of hydrogen-bond acceptors (Lipinski definition) is 1. The van der Waals surface area contributed by atoms with E-state index in [2.05, 4.69) is 4.74 Å². The van der Waals surface area contributed by atoms with Crippen molar-refractivity contribution in [2.24, 2.45) is 0 Å². The van der Waals surface area contributed by atoms with Crippen LogP contribution in [0.2, 0.25) is 0 Å². The van der Waals surface area contributed by atoms with Gasteiger partial charge in [-0.1, -0.05) is 0 Å². The Bertz CT molecular complexity index is 124. The van der Waals surface area contributed by atoms with Gasteiger partial charge in [-0.05, 0) is 6.92 Å². The molecule has 0 heterocycles. The lowest BCUT2D eigenvalue weighted by molar-refractivity contribution is -0.213. The highest BCUT2D eigenvalue weighted by atomic mass is 19.4. The van der Waals surface area contributed by atoms with Crippen molar-refractivity contribution < 1.29 is 26.7 Å². The fourth-order valence-corrected chi connectivity index (χ4v) is 0.632. The molecule has 0 fully saturated rings. The van der Waals surface area contributed by atoms with Crippen LogP contribution in [0.4, 0.5) is 22.0 Å². The molecular formula is C6H9F5O. The Labute approximate surface area is 66.5 Å². The van der Waals surface area contributed by atoms with Crippen LogP contribution in [-0.2, 0) is 4.74 Å². The number of rotatable bonds is 4. The minimum Gasteiger partial charge on any atom is -0.372 e. The molecule has 0 amide bonds. The number of ether oxygens (including phenoxy) is 1. The molecule has 0 aliphatic carbocycles. The first-order valence-corrected chi connectivity index (χ1v) is 3.31. The fraction of sp³-hybridized carbons (Fsp3) is 1.00. The van der Waals surface area contributed by atoms with E-state index in [9.17, 15) is 22.0 Å². The summed E-state index contributed by atoms with van der Waals surface area (Å²) in [6.07, 6.45) is -10.3. The largest absolute Gasteiger partial charge is 0.422 e. The van der Waals surface area contributed by atoms with E-state index >= 15 is 0 Å². The monoisotopic (exact) mass is 192 g/mol. The van der Waals surface area contributed by atoms with Gasteiger partial charge in [-0.25, -0.2) is 8.78 Å². The summed E-state index contributed by atoms with van der Waals surface area (Å²) in [6.45, 7) is -0.259. The maximum Gasteiger partial charge on any atom is 0.422 e. The SMILES string of the molecule is CCOC(CF)C(F)C(F)(F)F. The zero-order valence-electron chi connectivity index (χ0n) is 6.37. The van der Waals surface area contributed by atoms with Gasteiger partial charge in [-0.2, -0.15) is 13.2 Å². The van der Waals surface area contributed by atoms with Crippen LogP contribution in [0.15, 0.2) is 0 Å². The molecule has 0 saturated carbocycles. The Morgan fingerprint density at radius 1 is 1.33 bits per heavy atom. The van der Waals surface area contributed by atoms with Gasteiger partial charge in [-0.3, -0.25) is 0 Å². The normalized spacial score (nSPS) is 17.5. The van der Waals surface area contributed by atoms with Gasteiger partial charge in [0.1, 0.15) is 12.8 Å². The first-order valence-electron chi connectivity index (χ1n) is 3.31. The van der Waals surface area contributed by atoms with Crippen molar-refractivity contribution >= 4 is 0 Å². The number of alkyl halides is 5. The highest BCUT2D eigenvalue weighted by molar-refractivity contribution is 4.75. The van der Waals surface area contributed by atoms with Crippen molar-refractivity contribution in [3.63, 3.8) is 0 Å². The molecule has 2 atom stereocenters. The average Bonchev–Trinajstić information content (AvgIpc) is 1.97. The topological polar surface area (TPSA) is 9.23 Å². The molecule has 0 saturated heterocycles. The summed E-state index contributed by atoms with van der Waals surface area (Å²) in [5.41, 5.74) is 0. The second kappa shape index (κ2) is 4.59. The van der Waals surface area contributed by atoms with E-state index in [-0.39, 0.29) is 6.61 Å². The van der Waals surface area contributed by atoms with Crippen LogP contribution >= 0.6 is 0 Å². The van der Waals surface area contributed by atoms with Crippen LogP contribution < -0.4 is 0 Å². The van der Waals surface area contributed by atoms with E-state index in [1.807, 2.05) is 0 Å². The Hall–Kier alpha value is -0.390. The van der Waals surface area contributed by atoms with Crippen LogP contribution in [-0.4, -0.2) is 31.7 Å². The number of halogens is 5. The summed E-state index contributed by atoms with van der Waals surface area (Å²) in [7, 11) is 0. The van der Waals surface area contributed by atoms with Crippen molar-refractivity contribution in [3.05, 3.63) is 0 Å². The van der Waals surface area contributed by atoms with Gasteiger partial charge in [0.05, 0.1) is 0 Å². The summed E-state index contributed by atoms with van der Waals surface area (Å²) in [5, 5.41) is 0. The highest BCUT2D eigenvalue weighted by Gasteiger charge is 2.46. The first-order chi connectivity index (χ1) is 5.43. The molecular weight excluding hydrogens is 183 g/mol. The van der Waals surface area contributed by atoms with E-state index in [1.54, 1.807) is 0 Å². The van der Waals surface area contributed by atoms with Crippen molar-refractivity contribution in [1.82, 2.24) is 0 Å². The zero-order chi connectivity index (χ0) is 9.78. The van der Waals surface area contributed by atoms with Crippen LogP contribution in [0.5, 0.6) is 0 Å². The van der Waals surface area contributed by atoms with Crippen molar-refractivity contribution in [3.8, 4) is 0 Å². The molecule has 0 radical (unpaired) electrons. The lowest BCUT2D eigenvalue weighted by Crippen LogP contribution is -2.39. The van der Waals surface area contributed by atoms with Gasteiger partial charge in [0.25, 0.3) is 0 Å². The molecule has 1 nitrogen and oxygen atoms in total. The minimum absolute atomic E-state index is 0.148. The van der Waals surface area contributed by atoms with Crippen LogP contribution in [0.3, 0.4) is 0 Å². The fourth-order valence-electron chi connectivity index (χ4n) is 0.632. The third kappa shape index (κ3) is 3.34. The Morgan fingerprint density at radius 2 is 1.83 bits per heavy atom. The second-order valence-electron chi connectivity index (χ2n) is 2.09. The molecule has 0 aromatic rings. The Balaban J connectivity index is 4.11. The Kier molecular flexibility index (Phi) is 4.44. The van der Waals surface area contributed by atoms with Crippen molar-refractivity contribution in [2.75, 3.05) is 13.3 Å². The summed E-state index contributed by atoms with van der Waals surface area (Å²) in [6, 6.07) is 0.